The standard InChI is InChI=1S/C26H32ClN3O3/c1-3-30(20-9-11-33-12-10-20)24-15-19(27)14-22-21(24)8-6-4-5-7-18-13-17(2)29-26(32)23(18)16-28-25(22)31/h4,6,13-15,20H,3,5,7-12,16H2,1-2H3,(H,28,31)(H,29,32). The predicted molar refractivity (Wildman–Crippen MR) is 132 cm³/mol. The number of anilines is 1. The third-order valence-corrected chi connectivity index (χ3v) is 6.79. The van der Waals surface area contributed by atoms with E-state index in [-0.39, 0.29) is 18.0 Å². The van der Waals surface area contributed by atoms with E-state index in [2.05, 4.69) is 34.3 Å². The first-order chi connectivity index (χ1) is 16.0. The maximum Gasteiger partial charge on any atom is 0.253 e. The van der Waals surface area contributed by atoms with Gasteiger partial charge in [0.15, 0.2) is 0 Å². The summed E-state index contributed by atoms with van der Waals surface area (Å²) in [6.07, 6.45) is 8.42. The van der Waals surface area contributed by atoms with Crippen molar-refractivity contribution in [3.8, 4) is 0 Å². The first kappa shape index (κ1) is 23.6. The van der Waals surface area contributed by atoms with Gasteiger partial charge in [-0.25, -0.2) is 0 Å². The van der Waals surface area contributed by atoms with E-state index in [4.69, 9.17) is 16.3 Å². The van der Waals surface area contributed by atoms with Crippen LogP contribution in [0.4, 0.5) is 5.69 Å². The van der Waals surface area contributed by atoms with Crippen molar-refractivity contribution in [3.63, 3.8) is 0 Å². The van der Waals surface area contributed by atoms with E-state index in [9.17, 15) is 9.59 Å². The van der Waals surface area contributed by atoms with Crippen LogP contribution >= 0.6 is 11.6 Å². The molecule has 0 radical (unpaired) electrons. The Hall–Kier alpha value is -2.57. The number of pyridine rings is 1. The van der Waals surface area contributed by atoms with Crippen LogP contribution < -0.4 is 15.8 Å². The van der Waals surface area contributed by atoms with E-state index in [0.717, 1.165) is 68.0 Å². The fourth-order valence-corrected chi connectivity index (χ4v) is 5.15. The summed E-state index contributed by atoms with van der Waals surface area (Å²) in [6.45, 7) is 6.52. The van der Waals surface area contributed by atoms with Crippen LogP contribution in [0.15, 0.2) is 35.1 Å². The van der Waals surface area contributed by atoms with E-state index in [0.29, 0.717) is 28.6 Å². The molecule has 2 aliphatic rings. The highest BCUT2D eigenvalue weighted by Crippen LogP contribution is 2.33. The van der Waals surface area contributed by atoms with E-state index >= 15 is 0 Å². The second-order valence-electron chi connectivity index (χ2n) is 8.76. The zero-order chi connectivity index (χ0) is 23.4. The number of rotatable bonds is 3. The molecular formula is C26H32ClN3O3. The quantitative estimate of drug-likeness (QED) is 0.656. The maximum atomic E-state index is 13.4. The van der Waals surface area contributed by atoms with Crippen LogP contribution in [-0.2, 0) is 24.1 Å². The molecule has 2 N–H and O–H groups in total. The molecule has 0 unspecified atom stereocenters. The molecule has 7 heteroatoms. The summed E-state index contributed by atoms with van der Waals surface area (Å²) in [5.74, 6) is -0.211. The Labute approximate surface area is 200 Å². The smallest absolute Gasteiger partial charge is 0.253 e. The first-order valence-corrected chi connectivity index (χ1v) is 12.2. The molecule has 1 aromatic heterocycles. The topological polar surface area (TPSA) is 74.4 Å². The van der Waals surface area contributed by atoms with Gasteiger partial charge in [-0.05, 0) is 75.3 Å². The van der Waals surface area contributed by atoms with Crippen LogP contribution in [0, 0.1) is 6.92 Å². The van der Waals surface area contributed by atoms with Gasteiger partial charge >= 0.3 is 0 Å². The fraction of sp³-hybridized carbons (Fsp3) is 0.462. The van der Waals surface area contributed by atoms with Crippen molar-refractivity contribution in [1.29, 1.82) is 0 Å². The van der Waals surface area contributed by atoms with Crippen molar-refractivity contribution in [1.82, 2.24) is 10.3 Å². The monoisotopic (exact) mass is 469 g/mol. The molecule has 1 amide bonds. The molecule has 0 atom stereocenters. The molecule has 4 rings (SSSR count). The molecule has 176 valence electrons. The summed E-state index contributed by atoms with van der Waals surface area (Å²) in [5, 5.41) is 3.52. The summed E-state index contributed by atoms with van der Waals surface area (Å²) >= 11 is 6.53. The number of nitrogens with one attached hydrogen (secondary N) is 2. The highest BCUT2D eigenvalue weighted by Gasteiger charge is 2.26. The number of carbonyl (C=O) groups excluding carboxylic acids is 1. The van der Waals surface area contributed by atoms with Gasteiger partial charge in [-0.3, -0.25) is 9.59 Å². The Balaban J connectivity index is 1.74. The van der Waals surface area contributed by atoms with Gasteiger partial charge in [0.1, 0.15) is 0 Å². The minimum Gasteiger partial charge on any atom is -0.381 e. The lowest BCUT2D eigenvalue weighted by Crippen LogP contribution is -2.40. The Morgan fingerprint density at radius 2 is 1.91 bits per heavy atom. The average molecular weight is 470 g/mol. The molecule has 1 aromatic carbocycles. The molecule has 0 saturated carbocycles. The summed E-state index contributed by atoms with van der Waals surface area (Å²) in [5.41, 5.74) is 4.83. The number of benzene rings is 1. The van der Waals surface area contributed by atoms with Crippen LogP contribution in [0.25, 0.3) is 0 Å². The Morgan fingerprint density at radius 3 is 2.67 bits per heavy atom. The van der Waals surface area contributed by atoms with Crippen LogP contribution in [0.2, 0.25) is 5.02 Å². The van der Waals surface area contributed by atoms with E-state index in [1.807, 2.05) is 19.1 Å². The Kier molecular flexibility index (Phi) is 7.56. The molecule has 3 heterocycles. The molecule has 0 aliphatic carbocycles. The number of aryl methyl sites for hydroxylation is 2. The summed E-state index contributed by atoms with van der Waals surface area (Å²) in [4.78, 5) is 31.2. The van der Waals surface area contributed by atoms with Crippen molar-refractivity contribution < 1.29 is 9.53 Å². The van der Waals surface area contributed by atoms with Crippen molar-refractivity contribution in [3.05, 3.63) is 73.7 Å². The van der Waals surface area contributed by atoms with Crippen molar-refractivity contribution in [2.45, 2.75) is 58.5 Å². The first-order valence-electron chi connectivity index (χ1n) is 11.8. The van der Waals surface area contributed by atoms with Gasteiger partial charge in [-0.1, -0.05) is 23.8 Å². The summed E-state index contributed by atoms with van der Waals surface area (Å²) in [6, 6.07) is 6.08. The van der Waals surface area contributed by atoms with Gasteiger partial charge in [0.2, 0.25) is 0 Å². The van der Waals surface area contributed by atoms with Gasteiger partial charge in [-0.15, -0.1) is 0 Å². The number of hydrogen-bond donors (Lipinski definition) is 2. The van der Waals surface area contributed by atoms with E-state index in [1.54, 1.807) is 6.07 Å². The fourth-order valence-electron chi connectivity index (χ4n) is 4.94. The molecule has 33 heavy (non-hydrogen) atoms. The second kappa shape index (κ2) is 10.6. The second-order valence-corrected chi connectivity index (χ2v) is 9.20. The zero-order valence-corrected chi connectivity index (χ0v) is 20.1. The molecule has 2 aliphatic heterocycles. The van der Waals surface area contributed by atoms with Crippen LogP contribution in [0.5, 0.6) is 0 Å². The third kappa shape index (κ3) is 5.33. The van der Waals surface area contributed by atoms with Crippen LogP contribution in [0.3, 0.4) is 0 Å². The molecule has 1 saturated heterocycles. The zero-order valence-electron chi connectivity index (χ0n) is 19.4. The lowest BCUT2D eigenvalue weighted by molar-refractivity contribution is 0.0845. The van der Waals surface area contributed by atoms with E-state index < -0.39 is 0 Å². The number of ether oxygens (including phenoxy) is 1. The number of fused-ring (bicyclic) bond motifs is 2. The molecule has 0 spiro atoms. The van der Waals surface area contributed by atoms with Gasteiger partial charge in [0.25, 0.3) is 11.5 Å². The molecule has 6 nitrogen and oxygen atoms in total. The number of carbonyl (C=O) groups is 1. The van der Waals surface area contributed by atoms with E-state index in [1.165, 1.54) is 0 Å². The van der Waals surface area contributed by atoms with Gasteiger partial charge in [-0.2, -0.15) is 0 Å². The molecule has 2 aromatic rings. The number of amides is 1. The Bertz CT molecular complexity index is 1100. The lowest BCUT2D eigenvalue weighted by atomic mass is 9.96. The number of hydrogen-bond acceptors (Lipinski definition) is 4. The summed E-state index contributed by atoms with van der Waals surface area (Å²) < 4.78 is 5.57. The molecule has 1 fully saturated rings. The van der Waals surface area contributed by atoms with Gasteiger partial charge in [0, 0.05) is 59.9 Å². The van der Waals surface area contributed by atoms with Crippen LogP contribution in [-0.4, -0.2) is 36.7 Å². The highest BCUT2D eigenvalue weighted by molar-refractivity contribution is 6.31. The van der Waals surface area contributed by atoms with Crippen molar-refractivity contribution in [2.75, 3.05) is 24.7 Å². The number of halogens is 1. The largest absolute Gasteiger partial charge is 0.381 e. The SMILES string of the molecule is CCN(c1cc(Cl)cc2c1CC=CCCc1cc(C)[nH]c(=O)c1CNC2=O)C1CCOCC1. The normalized spacial score (nSPS) is 17.4. The number of nitrogens with zero attached hydrogens (tertiary/aromatic N) is 1. The van der Waals surface area contributed by atoms with Crippen LogP contribution in [0.1, 0.15) is 58.9 Å². The number of aromatic amines is 1. The minimum absolute atomic E-state index is 0.143. The van der Waals surface area contributed by atoms with Crippen molar-refractivity contribution in [2.24, 2.45) is 0 Å². The Morgan fingerprint density at radius 1 is 1.12 bits per heavy atom. The molecule has 0 bridgehead atoms. The number of aromatic nitrogens is 1. The maximum absolute atomic E-state index is 13.4. The molecular weight excluding hydrogens is 438 g/mol. The van der Waals surface area contributed by atoms with Gasteiger partial charge in [0.05, 0.1) is 0 Å². The summed E-state index contributed by atoms with van der Waals surface area (Å²) in [7, 11) is 0. The number of H-pyrrole nitrogens is 1. The number of allylic oxidation sites excluding steroid dienone is 2. The third-order valence-electron chi connectivity index (χ3n) is 6.58. The van der Waals surface area contributed by atoms with Gasteiger partial charge < -0.3 is 19.9 Å². The van der Waals surface area contributed by atoms with Crippen molar-refractivity contribution >= 4 is 23.2 Å². The average Bonchev–Trinajstić information content (AvgIpc) is 2.79. The predicted octanol–water partition coefficient (Wildman–Crippen LogP) is 4.32. The lowest BCUT2D eigenvalue weighted by Gasteiger charge is -2.37. The minimum atomic E-state index is -0.211. The highest BCUT2D eigenvalue weighted by atomic mass is 35.5.